The predicted molar refractivity (Wildman–Crippen MR) is 66.2 cm³/mol. The standard InChI is InChI=1S/C12H20N4/c1-12(2,3)9-4-5-16(8-9)11-14-6-10(13)7-15-11/h6-7,9H,4-5,8,13H2,1-3H3. The first kappa shape index (κ1) is 11.2. The molecule has 1 aliphatic heterocycles. The van der Waals surface area contributed by atoms with Crippen LogP contribution in [0.2, 0.25) is 0 Å². The van der Waals surface area contributed by atoms with Crippen molar-refractivity contribution in [2.45, 2.75) is 27.2 Å². The van der Waals surface area contributed by atoms with Crippen molar-refractivity contribution in [2.24, 2.45) is 11.3 Å². The summed E-state index contributed by atoms with van der Waals surface area (Å²) in [6.45, 7) is 8.99. The quantitative estimate of drug-likeness (QED) is 0.785. The molecule has 1 unspecified atom stereocenters. The van der Waals surface area contributed by atoms with E-state index in [4.69, 9.17) is 5.73 Å². The van der Waals surface area contributed by atoms with E-state index >= 15 is 0 Å². The lowest BCUT2D eigenvalue weighted by atomic mass is 9.80. The third-order valence-corrected chi connectivity index (χ3v) is 3.35. The number of rotatable bonds is 1. The summed E-state index contributed by atoms with van der Waals surface area (Å²) in [5.41, 5.74) is 6.56. The van der Waals surface area contributed by atoms with Crippen LogP contribution in [-0.4, -0.2) is 23.1 Å². The van der Waals surface area contributed by atoms with E-state index in [9.17, 15) is 0 Å². The number of nitrogens with two attached hydrogens (primary N) is 1. The van der Waals surface area contributed by atoms with Crippen LogP contribution < -0.4 is 10.6 Å². The van der Waals surface area contributed by atoms with E-state index in [1.807, 2.05) is 0 Å². The van der Waals surface area contributed by atoms with Crippen LogP contribution >= 0.6 is 0 Å². The van der Waals surface area contributed by atoms with E-state index in [1.54, 1.807) is 12.4 Å². The first-order valence-corrected chi connectivity index (χ1v) is 5.79. The highest BCUT2D eigenvalue weighted by Gasteiger charge is 2.32. The highest BCUT2D eigenvalue weighted by atomic mass is 15.3. The molecule has 4 heteroatoms. The third-order valence-electron chi connectivity index (χ3n) is 3.35. The van der Waals surface area contributed by atoms with Crippen LogP contribution in [-0.2, 0) is 0 Å². The molecule has 4 nitrogen and oxygen atoms in total. The van der Waals surface area contributed by atoms with Crippen molar-refractivity contribution >= 4 is 11.6 Å². The van der Waals surface area contributed by atoms with Gasteiger partial charge in [-0.25, -0.2) is 9.97 Å². The van der Waals surface area contributed by atoms with Gasteiger partial charge in [0.05, 0.1) is 18.1 Å². The van der Waals surface area contributed by atoms with E-state index in [-0.39, 0.29) is 0 Å². The molecule has 0 saturated carbocycles. The smallest absolute Gasteiger partial charge is 0.225 e. The average molecular weight is 220 g/mol. The van der Waals surface area contributed by atoms with E-state index < -0.39 is 0 Å². The van der Waals surface area contributed by atoms with Gasteiger partial charge in [0.1, 0.15) is 0 Å². The van der Waals surface area contributed by atoms with Crippen molar-refractivity contribution < 1.29 is 0 Å². The molecule has 2 heterocycles. The van der Waals surface area contributed by atoms with E-state index in [0.29, 0.717) is 17.0 Å². The Morgan fingerprint density at radius 2 is 1.94 bits per heavy atom. The topological polar surface area (TPSA) is 55.0 Å². The summed E-state index contributed by atoms with van der Waals surface area (Å²) in [6.07, 6.45) is 4.57. The lowest BCUT2D eigenvalue weighted by Gasteiger charge is -2.26. The van der Waals surface area contributed by atoms with Gasteiger partial charge in [-0.1, -0.05) is 20.8 Å². The molecular formula is C12H20N4. The third kappa shape index (κ3) is 2.26. The van der Waals surface area contributed by atoms with Gasteiger partial charge in [-0.05, 0) is 17.8 Å². The fourth-order valence-electron chi connectivity index (χ4n) is 2.14. The van der Waals surface area contributed by atoms with E-state index in [2.05, 4.69) is 35.6 Å². The Hall–Kier alpha value is -1.32. The number of anilines is 2. The maximum atomic E-state index is 5.58. The lowest BCUT2D eigenvalue weighted by Crippen LogP contribution is -2.26. The Bertz CT molecular complexity index is 352. The van der Waals surface area contributed by atoms with Gasteiger partial charge in [0.2, 0.25) is 5.95 Å². The van der Waals surface area contributed by atoms with Crippen LogP contribution in [0, 0.1) is 11.3 Å². The summed E-state index contributed by atoms with van der Waals surface area (Å²) in [6, 6.07) is 0. The van der Waals surface area contributed by atoms with Crippen LogP contribution in [0.25, 0.3) is 0 Å². The molecule has 1 aromatic rings. The minimum absolute atomic E-state index is 0.364. The normalized spacial score (nSPS) is 21.4. The number of aromatic nitrogens is 2. The minimum atomic E-state index is 0.364. The van der Waals surface area contributed by atoms with Crippen molar-refractivity contribution in [3.63, 3.8) is 0 Å². The molecule has 1 fully saturated rings. The Labute approximate surface area is 96.9 Å². The van der Waals surface area contributed by atoms with Crippen molar-refractivity contribution in [1.82, 2.24) is 9.97 Å². The van der Waals surface area contributed by atoms with E-state index in [1.165, 1.54) is 6.42 Å². The molecule has 1 aromatic heterocycles. The molecule has 0 aromatic carbocycles. The van der Waals surface area contributed by atoms with Crippen LogP contribution in [0.15, 0.2) is 12.4 Å². The second-order valence-corrected chi connectivity index (χ2v) is 5.61. The van der Waals surface area contributed by atoms with Gasteiger partial charge in [-0.15, -0.1) is 0 Å². The van der Waals surface area contributed by atoms with E-state index in [0.717, 1.165) is 19.0 Å². The van der Waals surface area contributed by atoms with Gasteiger partial charge in [0.15, 0.2) is 0 Å². The number of nitrogens with zero attached hydrogens (tertiary/aromatic N) is 3. The minimum Gasteiger partial charge on any atom is -0.396 e. The molecule has 2 N–H and O–H groups in total. The maximum Gasteiger partial charge on any atom is 0.225 e. The summed E-state index contributed by atoms with van der Waals surface area (Å²) in [5, 5.41) is 0. The molecular weight excluding hydrogens is 200 g/mol. The van der Waals surface area contributed by atoms with Crippen LogP contribution in [0.5, 0.6) is 0 Å². The fraction of sp³-hybridized carbons (Fsp3) is 0.667. The second kappa shape index (κ2) is 3.92. The van der Waals surface area contributed by atoms with Crippen LogP contribution in [0.1, 0.15) is 27.2 Å². The SMILES string of the molecule is CC(C)(C)C1CCN(c2ncc(N)cn2)C1. The largest absolute Gasteiger partial charge is 0.396 e. The zero-order valence-corrected chi connectivity index (χ0v) is 10.3. The summed E-state index contributed by atoms with van der Waals surface area (Å²) < 4.78 is 0. The maximum absolute atomic E-state index is 5.58. The molecule has 1 atom stereocenters. The summed E-state index contributed by atoms with van der Waals surface area (Å²) in [4.78, 5) is 10.8. The van der Waals surface area contributed by atoms with Gasteiger partial charge < -0.3 is 10.6 Å². The van der Waals surface area contributed by atoms with Gasteiger partial charge >= 0.3 is 0 Å². The first-order valence-electron chi connectivity index (χ1n) is 5.79. The van der Waals surface area contributed by atoms with Crippen LogP contribution in [0.4, 0.5) is 11.6 Å². The highest BCUT2D eigenvalue weighted by molar-refractivity contribution is 5.38. The second-order valence-electron chi connectivity index (χ2n) is 5.61. The van der Waals surface area contributed by atoms with Gasteiger partial charge in [-0.2, -0.15) is 0 Å². The Morgan fingerprint density at radius 3 is 2.44 bits per heavy atom. The number of nitrogen functional groups attached to an aromatic ring is 1. The fourth-order valence-corrected chi connectivity index (χ4v) is 2.14. The summed E-state index contributed by atoms with van der Waals surface area (Å²) >= 11 is 0. The molecule has 2 rings (SSSR count). The number of hydrogen-bond donors (Lipinski definition) is 1. The van der Waals surface area contributed by atoms with Crippen molar-refractivity contribution in [1.29, 1.82) is 0 Å². The molecule has 16 heavy (non-hydrogen) atoms. The van der Waals surface area contributed by atoms with Gasteiger partial charge in [0.25, 0.3) is 0 Å². The lowest BCUT2D eigenvalue weighted by molar-refractivity contribution is 0.263. The molecule has 0 radical (unpaired) electrons. The molecule has 0 bridgehead atoms. The van der Waals surface area contributed by atoms with Crippen LogP contribution in [0.3, 0.4) is 0 Å². The van der Waals surface area contributed by atoms with Crippen molar-refractivity contribution in [3.05, 3.63) is 12.4 Å². The molecule has 1 saturated heterocycles. The first-order chi connectivity index (χ1) is 7.47. The zero-order valence-electron chi connectivity index (χ0n) is 10.3. The highest BCUT2D eigenvalue weighted by Crippen LogP contribution is 2.34. The molecule has 1 aliphatic rings. The Kier molecular flexibility index (Phi) is 2.74. The number of hydrogen-bond acceptors (Lipinski definition) is 4. The molecule has 0 amide bonds. The summed E-state index contributed by atoms with van der Waals surface area (Å²) in [7, 11) is 0. The Morgan fingerprint density at radius 1 is 1.31 bits per heavy atom. The van der Waals surface area contributed by atoms with Crippen molar-refractivity contribution in [3.8, 4) is 0 Å². The zero-order chi connectivity index (χ0) is 11.8. The molecule has 0 spiro atoms. The summed E-state index contributed by atoms with van der Waals surface area (Å²) in [5.74, 6) is 1.52. The predicted octanol–water partition coefficient (Wildman–Crippen LogP) is 1.93. The average Bonchev–Trinajstić information content (AvgIpc) is 2.67. The molecule has 88 valence electrons. The Balaban J connectivity index is 2.06. The monoisotopic (exact) mass is 220 g/mol. The van der Waals surface area contributed by atoms with Gasteiger partial charge in [0, 0.05) is 13.1 Å². The molecule has 0 aliphatic carbocycles. The van der Waals surface area contributed by atoms with Crippen molar-refractivity contribution in [2.75, 3.05) is 23.7 Å². The van der Waals surface area contributed by atoms with Gasteiger partial charge in [-0.3, -0.25) is 0 Å².